The Balaban J connectivity index is 1.58. The van der Waals surface area contributed by atoms with Gasteiger partial charge in [-0.05, 0) is 30.5 Å². The summed E-state index contributed by atoms with van der Waals surface area (Å²) in [5.41, 5.74) is 3.33. The van der Waals surface area contributed by atoms with Crippen LogP contribution in [-0.4, -0.2) is 45.8 Å². The number of benzene rings is 2. The topological polar surface area (TPSA) is 54.0 Å². The Hall–Kier alpha value is -2.15. The molecule has 0 bridgehead atoms. The van der Waals surface area contributed by atoms with Gasteiger partial charge in [0, 0.05) is 29.1 Å². The van der Waals surface area contributed by atoms with E-state index in [1.54, 1.807) is 11.9 Å². The van der Waals surface area contributed by atoms with Crippen molar-refractivity contribution in [3.8, 4) is 22.8 Å². The van der Waals surface area contributed by atoms with Crippen LogP contribution < -0.4 is 0 Å². The van der Waals surface area contributed by atoms with Crippen molar-refractivity contribution in [1.82, 2.24) is 19.5 Å². The summed E-state index contributed by atoms with van der Waals surface area (Å²) in [6.07, 6.45) is 0. The number of aryl methyl sites for hydroxylation is 1. The molecule has 2 aromatic carbocycles. The van der Waals surface area contributed by atoms with Crippen molar-refractivity contribution in [2.75, 3.05) is 26.3 Å². The lowest BCUT2D eigenvalue weighted by Crippen LogP contribution is -2.30. The van der Waals surface area contributed by atoms with Crippen LogP contribution >= 0.6 is 11.9 Å². The van der Waals surface area contributed by atoms with Gasteiger partial charge in [0.15, 0.2) is 11.6 Å². The number of hydrogen-bond acceptors (Lipinski definition) is 5. The molecular weight excluding hydrogens is 332 g/mol. The smallest absolute Gasteiger partial charge is 0.181 e. The molecule has 2 heterocycles. The van der Waals surface area contributed by atoms with E-state index >= 15 is 0 Å². The Kier molecular flexibility index (Phi) is 4.83. The second kappa shape index (κ2) is 7.39. The van der Waals surface area contributed by atoms with Crippen LogP contribution in [0, 0.1) is 6.92 Å². The molecule has 0 amide bonds. The highest BCUT2D eigenvalue weighted by atomic mass is 32.2. The number of nitrogens with one attached hydrogen (secondary N) is 1. The van der Waals surface area contributed by atoms with Crippen LogP contribution in [0.1, 0.15) is 5.56 Å². The second-order valence-electron chi connectivity index (χ2n) is 5.99. The maximum Gasteiger partial charge on any atom is 0.181 e. The fourth-order valence-electron chi connectivity index (χ4n) is 2.73. The van der Waals surface area contributed by atoms with Gasteiger partial charge in [-0.15, -0.1) is 0 Å². The fraction of sp³-hybridized carbons (Fsp3) is 0.263. The van der Waals surface area contributed by atoms with E-state index in [9.17, 15) is 0 Å². The van der Waals surface area contributed by atoms with Gasteiger partial charge in [-0.1, -0.05) is 42.5 Å². The molecule has 1 saturated heterocycles. The number of aromatic amines is 1. The molecule has 0 aliphatic carbocycles. The molecule has 1 N–H and O–H groups in total. The van der Waals surface area contributed by atoms with E-state index in [0.29, 0.717) is 0 Å². The maximum atomic E-state index is 5.43. The normalized spacial score (nSPS) is 15.4. The third kappa shape index (κ3) is 3.76. The van der Waals surface area contributed by atoms with Crippen molar-refractivity contribution in [3.63, 3.8) is 0 Å². The van der Waals surface area contributed by atoms with Gasteiger partial charge in [-0.25, -0.2) is 9.29 Å². The zero-order chi connectivity index (χ0) is 17.1. The Labute approximate surface area is 151 Å². The Morgan fingerprint density at radius 2 is 1.84 bits per heavy atom. The van der Waals surface area contributed by atoms with Gasteiger partial charge < -0.3 is 4.74 Å². The number of hydrogen-bond donors (Lipinski definition) is 1. The van der Waals surface area contributed by atoms with E-state index in [-0.39, 0.29) is 0 Å². The molecule has 25 heavy (non-hydrogen) atoms. The molecule has 6 heteroatoms. The van der Waals surface area contributed by atoms with Crippen LogP contribution in [-0.2, 0) is 4.74 Å². The third-order valence-electron chi connectivity index (χ3n) is 4.18. The highest BCUT2D eigenvalue weighted by molar-refractivity contribution is 7.97. The third-order valence-corrected chi connectivity index (χ3v) is 5.44. The summed E-state index contributed by atoms with van der Waals surface area (Å²) < 4.78 is 7.78. The fourth-order valence-corrected chi connectivity index (χ4v) is 3.73. The number of rotatable bonds is 4. The zero-order valence-electron chi connectivity index (χ0n) is 14.1. The van der Waals surface area contributed by atoms with E-state index in [4.69, 9.17) is 4.74 Å². The molecule has 3 aromatic rings. The van der Waals surface area contributed by atoms with Gasteiger partial charge in [0.2, 0.25) is 0 Å². The van der Waals surface area contributed by atoms with Crippen molar-refractivity contribution in [2.24, 2.45) is 0 Å². The van der Waals surface area contributed by atoms with Crippen molar-refractivity contribution in [1.29, 1.82) is 0 Å². The lowest BCUT2D eigenvalue weighted by Gasteiger charge is -2.26. The summed E-state index contributed by atoms with van der Waals surface area (Å²) in [5.74, 6) is 1.52. The average molecular weight is 352 g/mol. The first kappa shape index (κ1) is 16.3. The minimum absolute atomic E-state index is 0.725. The highest BCUT2D eigenvalue weighted by Crippen LogP contribution is 2.30. The van der Waals surface area contributed by atoms with E-state index in [0.717, 1.165) is 49.1 Å². The number of aromatic nitrogens is 3. The predicted molar refractivity (Wildman–Crippen MR) is 100 cm³/mol. The quantitative estimate of drug-likeness (QED) is 0.724. The first-order valence-corrected chi connectivity index (χ1v) is 9.16. The number of nitrogens with zero attached hydrogens (tertiary/aromatic N) is 3. The van der Waals surface area contributed by atoms with Gasteiger partial charge in [-0.2, -0.15) is 5.10 Å². The summed E-state index contributed by atoms with van der Waals surface area (Å²) in [6, 6.07) is 16.4. The van der Waals surface area contributed by atoms with Gasteiger partial charge in [0.05, 0.1) is 13.2 Å². The minimum atomic E-state index is 0.725. The molecule has 1 aliphatic heterocycles. The molecule has 0 spiro atoms. The molecule has 128 valence electrons. The van der Waals surface area contributed by atoms with Crippen LogP contribution in [0.5, 0.6) is 0 Å². The Morgan fingerprint density at radius 3 is 2.64 bits per heavy atom. The molecule has 0 saturated carbocycles. The van der Waals surface area contributed by atoms with E-state index in [2.05, 4.69) is 44.6 Å². The molecule has 0 unspecified atom stereocenters. The molecule has 5 nitrogen and oxygen atoms in total. The largest absolute Gasteiger partial charge is 0.379 e. The highest BCUT2D eigenvalue weighted by Gasteiger charge is 2.15. The van der Waals surface area contributed by atoms with Crippen LogP contribution in [0.25, 0.3) is 22.8 Å². The second-order valence-corrected chi connectivity index (χ2v) is 7.13. The summed E-state index contributed by atoms with van der Waals surface area (Å²) in [4.78, 5) is 5.90. The first-order chi connectivity index (χ1) is 12.3. The van der Waals surface area contributed by atoms with Gasteiger partial charge in [0.25, 0.3) is 0 Å². The standard InChI is InChI=1S/C19H20N4OS/c1-14-7-8-16(13-17(14)25-23-9-11-24-12-10-23)19-20-18(21-22-19)15-5-3-2-4-6-15/h2-8,13H,9-12H2,1H3,(H,20,21,22). The number of morpholine rings is 1. The van der Waals surface area contributed by atoms with Crippen LogP contribution in [0.4, 0.5) is 0 Å². The minimum Gasteiger partial charge on any atom is -0.379 e. The van der Waals surface area contributed by atoms with Crippen LogP contribution in [0.2, 0.25) is 0 Å². The monoisotopic (exact) mass is 352 g/mol. The van der Waals surface area contributed by atoms with Crippen LogP contribution in [0.15, 0.2) is 53.4 Å². The molecule has 1 fully saturated rings. The predicted octanol–water partition coefficient (Wildman–Crippen LogP) is 3.79. The summed E-state index contributed by atoms with van der Waals surface area (Å²) in [7, 11) is 0. The number of H-pyrrole nitrogens is 1. The summed E-state index contributed by atoms with van der Waals surface area (Å²) in [6.45, 7) is 5.64. The molecule has 0 atom stereocenters. The van der Waals surface area contributed by atoms with Crippen LogP contribution in [0.3, 0.4) is 0 Å². The van der Waals surface area contributed by atoms with Gasteiger partial charge in [0.1, 0.15) is 0 Å². The number of ether oxygens (including phenoxy) is 1. The average Bonchev–Trinajstić information content (AvgIpc) is 3.15. The van der Waals surface area contributed by atoms with Gasteiger partial charge in [-0.3, -0.25) is 5.10 Å². The lowest BCUT2D eigenvalue weighted by atomic mass is 10.1. The summed E-state index contributed by atoms with van der Waals surface area (Å²) >= 11 is 1.79. The SMILES string of the molecule is Cc1ccc(-c2n[nH]c(-c3ccccc3)n2)cc1SN1CCOCC1. The van der Waals surface area contributed by atoms with E-state index in [1.165, 1.54) is 10.5 Å². The Morgan fingerprint density at radius 1 is 1.04 bits per heavy atom. The summed E-state index contributed by atoms with van der Waals surface area (Å²) in [5, 5.41) is 7.44. The van der Waals surface area contributed by atoms with E-state index < -0.39 is 0 Å². The molecule has 0 radical (unpaired) electrons. The molecular formula is C19H20N4OS. The van der Waals surface area contributed by atoms with E-state index in [1.807, 2.05) is 30.3 Å². The molecule has 1 aromatic heterocycles. The Bertz CT molecular complexity index is 844. The van der Waals surface area contributed by atoms with Crippen molar-refractivity contribution < 1.29 is 4.74 Å². The van der Waals surface area contributed by atoms with Crippen molar-refractivity contribution >= 4 is 11.9 Å². The zero-order valence-corrected chi connectivity index (χ0v) is 14.9. The first-order valence-electron chi connectivity index (χ1n) is 8.39. The van der Waals surface area contributed by atoms with Crippen molar-refractivity contribution in [3.05, 3.63) is 54.1 Å². The van der Waals surface area contributed by atoms with Gasteiger partial charge >= 0.3 is 0 Å². The van der Waals surface area contributed by atoms with Crippen molar-refractivity contribution in [2.45, 2.75) is 11.8 Å². The maximum absolute atomic E-state index is 5.43. The molecule has 1 aliphatic rings. The molecule has 4 rings (SSSR count). The lowest BCUT2D eigenvalue weighted by molar-refractivity contribution is 0.0773.